The van der Waals surface area contributed by atoms with Crippen molar-refractivity contribution in [3.8, 4) is 0 Å². The van der Waals surface area contributed by atoms with Crippen LogP contribution in [0.25, 0.3) is 0 Å². The van der Waals surface area contributed by atoms with Gasteiger partial charge in [0.25, 0.3) is 9.05 Å². The Kier molecular flexibility index (Phi) is 4.17. The standard InChI is InChI=1S/C4H6ClF3O2S/c5-11(9,10)4(8)3(7)1-2-6/h3-4H,1-2H2. The maximum absolute atomic E-state index is 12.2. The van der Waals surface area contributed by atoms with Gasteiger partial charge in [-0.1, -0.05) is 0 Å². The lowest BCUT2D eigenvalue weighted by Gasteiger charge is -2.07. The molecule has 0 aliphatic heterocycles. The molecular weight excluding hydrogens is 205 g/mol. The molecule has 0 fully saturated rings. The largest absolute Gasteiger partial charge is 0.267 e. The lowest BCUT2D eigenvalue weighted by molar-refractivity contribution is 0.202. The maximum atomic E-state index is 12.2. The van der Waals surface area contributed by atoms with E-state index < -0.39 is 33.8 Å². The summed E-state index contributed by atoms with van der Waals surface area (Å²) in [5.41, 5.74) is -2.83. The molecule has 0 aromatic rings. The van der Waals surface area contributed by atoms with Crippen LogP contribution in [0, 0.1) is 0 Å². The second-order valence-electron chi connectivity index (χ2n) is 1.82. The summed E-state index contributed by atoms with van der Waals surface area (Å²) in [5.74, 6) is 0. The smallest absolute Gasteiger partial charge is 0.251 e. The summed E-state index contributed by atoms with van der Waals surface area (Å²) in [6.45, 7) is -1.12. The number of alkyl halides is 3. The average Bonchev–Trinajstić information content (AvgIpc) is 1.85. The summed E-state index contributed by atoms with van der Waals surface area (Å²) < 4.78 is 55.9. The van der Waals surface area contributed by atoms with Crippen LogP contribution in [0.1, 0.15) is 6.42 Å². The lowest BCUT2D eigenvalue weighted by Crippen LogP contribution is -2.23. The van der Waals surface area contributed by atoms with Crippen LogP contribution in [-0.4, -0.2) is 26.8 Å². The molecule has 0 aromatic heterocycles. The van der Waals surface area contributed by atoms with Gasteiger partial charge in [-0.2, -0.15) is 0 Å². The number of hydrogen-bond acceptors (Lipinski definition) is 2. The fourth-order valence-corrected chi connectivity index (χ4v) is 1.24. The fraction of sp³-hybridized carbons (Fsp3) is 1.00. The van der Waals surface area contributed by atoms with Crippen molar-refractivity contribution in [1.29, 1.82) is 0 Å². The van der Waals surface area contributed by atoms with E-state index in [1.54, 1.807) is 0 Å². The minimum Gasteiger partial charge on any atom is -0.251 e. The molecule has 2 nitrogen and oxygen atoms in total. The number of halogens is 4. The van der Waals surface area contributed by atoms with E-state index in [-0.39, 0.29) is 0 Å². The Morgan fingerprint density at radius 1 is 1.36 bits per heavy atom. The van der Waals surface area contributed by atoms with E-state index in [1.807, 2.05) is 0 Å². The summed E-state index contributed by atoms with van der Waals surface area (Å²) in [6, 6.07) is 0. The Morgan fingerprint density at radius 3 is 2.09 bits per heavy atom. The summed E-state index contributed by atoms with van der Waals surface area (Å²) in [5, 5.41) is 0. The summed E-state index contributed by atoms with van der Waals surface area (Å²) in [6.07, 6.45) is -3.19. The lowest BCUT2D eigenvalue weighted by atomic mass is 10.3. The molecule has 0 saturated heterocycles. The molecule has 0 amide bonds. The zero-order chi connectivity index (χ0) is 9.07. The maximum Gasteiger partial charge on any atom is 0.267 e. The van der Waals surface area contributed by atoms with Crippen LogP contribution in [0.4, 0.5) is 13.2 Å². The van der Waals surface area contributed by atoms with Gasteiger partial charge in [0.15, 0.2) is 0 Å². The quantitative estimate of drug-likeness (QED) is 0.660. The molecule has 0 spiro atoms. The molecule has 0 aliphatic carbocycles. The van der Waals surface area contributed by atoms with Gasteiger partial charge < -0.3 is 0 Å². The van der Waals surface area contributed by atoms with Crippen molar-refractivity contribution in [3.05, 3.63) is 0 Å². The molecule has 0 saturated carbocycles. The molecule has 0 radical (unpaired) electrons. The second-order valence-corrected chi connectivity index (χ2v) is 4.51. The molecule has 0 N–H and O–H groups in total. The molecule has 68 valence electrons. The van der Waals surface area contributed by atoms with E-state index in [0.717, 1.165) is 0 Å². The highest BCUT2D eigenvalue weighted by Gasteiger charge is 2.31. The predicted octanol–water partition coefficient (Wildman–Crippen LogP) is 1.55. The molecule has 0 aromatic carbocycles. The Labute approximate surface area is 66.8 Å². The molecule has 2 unspecified atom stereocenters. The minimum atomic E-state index is -4.56. The van der Waals surface area contributed by atoms with Crippen LogP contribution in [0.5, 0.6) is 0 Å². The normalized spacial score (nSPS) is 17.8. The minimum absolute atomic E-state index is 0.798. The summed E-state index contributed by atoms with van der Waals surface area (Å²) in [7, 11) is -0.111. The number of rotatable bonds is 4. The van der Waals surface area contributed by atoms with Gasteiger partial charge in [-0.25, -0.2) is 17.2 Å². The van der Waals surface area contributed by atoms with Crippen molar-refractivity contribution in [1.82, 2.24) is 0 Å². The Bertz CT molecular complexity index is 205. The highest BCUT2D eigenvalue weighted by atomic mass is 35.7. The van der Waals surface area contributed by atoms with Crippen molar-refractivity contribution in [2.75, 3.05) is 6.67 Å². The first-order chi connectivity index (χ1) is 4.89. The van der Waals surface area contributed by atoms with E-state index in [0.29, 0.717) is 0 Å². The third-order valence-electron chi connectivity index (χ3n) is 0.938. The highest BCUT2D eigenvalue weighted by molar-refractivity contribution is 8.14. The van der Waals surface area contributed by atoms with Gasteiger partial charge in [0, 0.05) is 17.1 Å². The number of hydrogen-bond donors (Lipinski definition) is 0. The van der Waals surface area contributed by atoms with Crippen LogP contribution in [0.2, 0.25) is 0 Å². The fourth-order valence-electron chi connectivity index (χ4n) is 0.412. The molecule has 7 heteroatoms. The van der Waals surface area contributed by atoms with Gasteiger partial charge in [-0.15, -0.1) is 0 Å². The Hall–Kier alpha value is 0.0300. The first-order valence-corrected chi connectivity index (χ1v) is 5.04. The summed E-state index contributed by atoms with van der Waals surface area (Å²) >= 11 is 0. The first-order valence-electron chi connectivity index (χ1n) is 2.67. The molecule has 2 atom stereocenters. The molecule has 0 aliphatic rings. The molecule has 0 heterocycles. The predicted molar refractivity (Wildman–Crippen MR) is 35.2 cm³/mol. The highest BCUT2D eigenvalue weighted by Crippen LogP contribution is 2.18. The van der Waals surface area contributed by atoms with Crippen molar-refractivity contribution < 1.29 is 21.6 Å². The van der Waals surface area contributed by atoms with Crippen molar-refractivity contribution in [2.24, 2.45) is 0 Å². The molecule has 0 bridgehead atoms. The molecule has 0 rings (SSSR count). The van der Waals surface area contributed by atoms with E-state index >= 15 is 0 Å². The SMILES string of the molecule is O=S(=O)(Cl)C(F)C(F)CCF. The van der Waals surface area contributed by atoms with Crippen LogP contribution in [0.3, 0.4) is 0 Å². The van der Waals surface area contributed by atoms with Crippen LogP contribution < -0.4 is 0 Å². The zero-order valence-electron chi connectivity index (χ0n) is 5.31. The molecule has 11 heavy (non-hydrogen) atoms. The third-order valence-corrected chi connectivity index (χ3v) is 2.28. The topological polar surface area (TPSA) is 34.1 Å². The van der Waals surface area contributed by atoms with E-state index in [9.17, 15) is 21.6 Å². The van der Waals surface area contributed by atoms with Gasteiger partial charge in [0.1, 0.15) is 6.17 Å². The molecular formula is C4H6ClF3O2S. The average molecular weight is 211 g/mol. The van der Waals surface area contributed by atoms with E-state index in [4.69, 9.17) is 0 Å². The van der Waals surface area contributed by atoms with Gasteiger partial charge in [0.05, 0.1) is 6.67 Å². The van der Waals surface area contributed by atoms with E-state index in [1.165, 1.54) is 0 Å². The Morgan fingerprint density at radius 2 is 1.82 bits per heavy atom. The zero-order valence-corrected chi connectivity index (χ0v) is 6.88. The van der Waals surface area contributed by atoms with Gasteiger partial charge in [-0.05, 0) is 0 Å². The van der Waals surface area contributed by atoms with Crippen LogP contribution in [0.15, 0.2) is 0 Å². The van der Waals surface area contributed by atoms with Gasteiger partial charge >= 0.3 is 0 Å². The Balaban J connectivity index is 4.14. The van der Waals surface area contributed by atoms with Crippen molar-refractivity contribution in [2.45, 2.75) is 18.1 Å². The van der Waals surface area contributed by atoms with E-state index in [2.05, 4.69) is 10.7 Å². The van der Waals surface area contributed by atoms with Crippen molar-refractivity contribution >= 4 is 19.7 Å². The van der Waals surface area contributed by atoms with Crippen molar-refractivity contribution in [3.63, 3.8) is 0 Å². The first kappa shape index (κ1) is 11.0. The second kappa shape index (κ2) is 4.15. The van der Waals surface area contributed by atoms with Crippen LogP contribution >= 0.6 is 10.7 Å². The third kappa shape index (κ3) is 3.81. The van der Waals surface area contributed by atoms with Crippen LogP contribution in [-0.2, 0) is 9.05 Å². The monoisotopic (exact) mass is 210 g/mol. The summed E-state index contributed by atoms with van der Waals surface area (Å²) in [4.78, 5) is 0. The van der Waals surface area contributed by atoms with Gasteiger partial charge in [-0.3, -0.25) is 4.39 Å². The van der Waals surface area contributed by atoms with Gasteiger partial charge in [0.2, 0.25) is 5.50 Å².